The van der Waals surface area contributed by atoms with Crippen molar-refractivity contribution in [1.82, 2.24) is 29.9 Å². The summed E-state index contributed by atoms with van der Waals surface area (Å²) in [4.78, 5) is 8.14. The van der Waals surface area contributed by atoms with Crippen LogP contribution in [0.3, 0.4) is 0 Å². The summed E-state index contributed by atoms with van der Waals surface area (Å²) in [6, 6.07) is 8.71. The van der Waals surface area contributed by atoms with Crippen LogP contribution in [0.2, 0.25) is 0 Å². The predicted octanol–water partition coefficient (Wildman–Crippen LogP) is 3.16. The molecule has 0 aliphatic carbocycles. The third-order valence-corrected chi connectivity index (χ3v) is 5.41. The Bertz CT molecular complexity index is 1140. The quantitative estimate of drug-likeness (QED) is 0.436. The first kappa shape index (κ1) is 20.1. The molecule has 2 aromatic heterocycles. The number of hydrogen-bond acceptors (Lipinski definition) is 6. The van der Waals surface area contributed by atoms with Gasteiger partial charge in [0.15, 0.2) is 5.82 Å². The van der Waals surface area contributed by atoms with E-state index in [0.29, 0.717) is 22.6 Å². The van der Waals surface area contributed by atoms with E-state index in [1.54, 1.807) is 12.1 Å². The first-order valence-corrected chi connectivity index (χ1v) is 9.73. The summed E-state index contributed by atoms with van der Waals surface area (Å²) in [6.45, 7) is -0.113. The summed E-state index contributed by atoms with van der Waals surface area (Å²) in [7, 11) is 0. The van der Waals surface area contributed by atoms with Crippen LogP contribution in [0.4, 0.5) is 13.2 Å². The Labute approximate surface area is 173 Å². The van der Waals surface area contributed by atoms with E-state index in [1.165, 1.54) is 35.5 Å². The molecule has 2 N–H and O–H groups in total. The number of nitrogens with one attached hydrogen (secondary N) is 1. The van der Waals surface area contributed by atoms with Gasteiger partial charge in [0.1, 0.15) is 35.7 Å². The number of aromatic amines is 1. The molecular formula is C19H15F3N6OS. The Morgan fingerprint density at radius 3 is 2.53 bits per heavy atom. The van der Waals surface area contributed by atoms with Crippen molar-refractivity contribution in [2.24, 2.45) is 0 Å². The van der Waals surface area contributed by atoms with E-state index in [2.05, 4.69) is 25.3 Å². The number of hydrogen-bond donors (Lipinski definition) is 2. The molecule has 7 nitrogen and oxygen atoms in total. The molecule has 0 aliphatic rings. The fourth-order valence-corrected chi connectivity index (χ4v) is 3.77. The summed E-state index contributed by atoms with van der Waals surface area (Å²) in [5, 5.41) is 22.3. The molecule has 2 aromatic carbocycles. The fourth-order valence-electron chi connectivity index (χ4n) is 2.89. The second-order valence-electron chi connectivity index (χ2n) is 6.51. The van der Waals surface area contributed by atoms with Crippen LogP contribution in [-0.4, -0.2) is 40.8 Å². The highest BCUT2D eigenvalue weighted by atomic mass is 32.2. The monoisotopic (exact) mass is 432 g/mol. The Morgan fingerprint density at radius 1 is 1.07 bits per heavy atom. The van der Waals surface area contributed by atoms with Gasteiger partial charge in [-0.15, -0.1) is 5.10 Å². The van der Waals surface area contributed by atoms with Crippen LogP contribution >= 0.6 is 11.8 Å². The van der Waals surface area contributed by atoms with Crippen LogP contribution in [0, 0.1) is 17.5 Å². The number of aromatic nitrogens is 6. The zero-order chi connectivity index (χ0) is 21.1. The summed E-state index contributed by atoms with van der Waals surface area (Å²) in [6.07, 6.45) is 2.68. The Hall–Kier alpha value is -3.18. The third-order valence-electron chi connectivity index (χ3n) is 4.35. The SMILES string of the molecule is OC(CSc1n[nH]c(-c2ccc(F)cc2)n1)(Cn1cncn1)c1ccc(F)cc1F. The molecule has 4 rings (SSSR count). The normalized spacial score (nSPS) is 13.3. The number of nitrogens with zero attached hydrogens (tertiary/aromatic N) is 5. The first-order valence-electron chi connectivity index (χ1n) is 8.74. The minimum absolute atomic E-state index is 0.0455. The lowest BCUT2D eigenvalue weighted by atomic mass is 9.95. The molecule has 0 spiro atoms. The Balaban J connectivity index is 1.57. The van der Waals surface area contributed by atoms with Crippen molar-refractivity contribution in [2.75, 3.05) is 5.75 Å². The third kappa shape index (κ3) is 4.36. The van der Waals surface area contributed by atoms with E-state index in [9.17, 15) is 18.3 Å². The van der Waals surface area contributed by atoms with Gasteiger partial charge in [-0.25, -0.2) is 27.8 Å². The average Bonchev–Trinajstić information content (AvgIpc) is 3.39. The maximum Gasteiger partial charge on any atom is 0.208 e. The number of halogens is 3. The molecule has 30 heavy (non-hydrogen) atoms. The van der Waals surface area contributed by atoms with Gasteiger partial charge in [0.05, 0.1) is 6.54 Å². The van der Waals surface area contributed by atoms with Crippen LogP contribution in [0.1, 0.15) is 5.56 Å². The molecular weight excluding hydrogens is 417 g/mol. The van der Waals surface area contributed by atoms with E-state index in [-0.39, 0.29) is 23.7 Å². The Morgan fingerprint density at radius 2 is 1.83 bits per heavy atom. The van der Waals surface area contributed by atoms with Gasteiger partial charge in [-0.05, 0) is 30.3 Å². The minimum atomic E-state index is -1.74. The topological polar surface area (TPSA) is 92.5 Å². The van der Waals surface area contributed by atoms with Crippen LogP contribution in [0.15, 0.2) is 60.3 Å². The van der Waals surface area contributed by atoms with Gasteiger partial charge in [0.2, 0.25) is 5.16 Å². The molecule has 0 amide bonds. The standard InChI is InChI=1S/C19H15F3N6OS/c20-13-3-1-12(2-4-13)17-25-18(27-26-17)30-9-19(29,8-28-11-23-10-24-28)15-6-5-14(21)7-16(15)22/h1-7,10-11,29H,8-9H2,(H,25,26,27). The van der Waals surface area contributed by atoms with Crippen molar-refractivity contribution < 1.29 is 18.3 Å². The van der Waals surface area contributed by atoms with Crippen LogP contribution in [0.25, 0.3) is 11.4 Å². The lowest BCUT2D eigenvalue weighted by Gasteiger charge is -2.28. The van der Waals surface area contributed by atoms with Crippen LogP contribution in [0.5, 0.6) is 0 Å². The van der Waals surface area contributed by atoms with Crippen molar-refractivity contribution in [1.29, 1.82) is 0 Å². The molecule has 2 heterocycles. The Kier molecular flexibility index (Phi) is 5.55. The molecule has 0 saturated carbocycles. The molecule has 0 radical (unpaired) electrons. The summed E-state index contributed by atoms with van der Waals surface area (Å²) in [5.74, 6) is -1.61. The number of rotatable bonds is 7. The molecule has 11 heteroatoms. The van der Waals surface area contributed by atoms with E-state index in [4.69, 9.17) is 0 Å². The van der Waals surface area contributed by atoms with Gasteiger partial charge in [0, 0.05) is 22.9 Å². The molecule has 0 bridgehead atoms. The summed E-state index contributed by atoms with van der Waals surface area (Å²) in [5.41, 5.74) is -1.19. The van der Waals surface area contributed by atoms with E-state index >= 15 is 0 Å². The summed E-state index contributed by atoms with van der Waals surface area (Å²) >= 11 is 1.08. The average molecular weight is 432 g/mol. The minimum Gasteiger partial charge on any atom is -0.382 e. The predicted molar refractivity (Wildman–Crippen MR) is 103 cm³/mol. The van der Waals surface area contributed by atoms with Crippen LogP contribution in [-0.2, 0) is 12.1 Å². The molecule has 1 unspecified atom stereocenters. The maximum atomic E-state index is 14.4. The number of benzene rings is 2. The highest BCUT2D eigenvalue weighted by Crippen LogP contribution is 2.32. The fraction of sp³-hybridized carbons (Fsp3) is 0.158. The van der Waals surface area contributed by atoms with Gasteiger partial charge in [0.25, 0.3) is 0 Å². The lowest BCUT2D eigenvalue weighted by molar-refractivity contribution is 0.0360. The van der Waals surface area contributed by atoms with E-state index < -0.39 is 17.2 Å². The van der Waals surface area contributed by atoms with Gasteiger partial charge >= 0.3 is 0 Å². The highest BCUT2D eigenvalue weighted by Gasteiger charge is 2.34. The summed E-state index contributed by atoms with van der Waals surface area (Å²) < 4.78 is 42.2. The molecule has 0 aliphatic heterocycles. The molecule has 0 fully saturated rings. The molecule has 4 aromatic rings. The first-order chi connectivity index (χ1) is 14.4. The largest absolute Gasteiger partial charge is 0.382 e. The van der Waals surface area contributed by atoms with Crippen molar-refractivity contribution in [3.8, 4) is 11.4 Å². The van der Waals surface area contributed by atoms with E-state index in [0.717, 1.165) is 17.8 Å². The second-order valence-corrected chi connectivity index (χ2v) is 7.45. The van der Waals surface area contributed by atoms with Crippen molar-refractivity contribution in [2.45, 2.75) is 17.3 Å². The highest BCUT2D eigenvalue weighted by molar-refractivity contribution is 7.99. The van der Waals surface area contributed by atoms with Gasteiger partial charge in [-0.3, -0.25) is 5.10 Å². The smallest absolute Gasteiger partial charge is 0.208 e. The lowest BCUT2D eigenvalue weighted by Crippen LogP contribution is -2.35. The number of H-pyrrole nitrogens is 1. The zero-order valence-corrected chi connectivity index (χ0v) is 16.2. The van der Waals surface area contributed by atoms with Gasteiger partial charge in [-0.1, -0.05) is 17.8 Å². The zero-order valence-electron chi connectivity index (χ0n) is 15.3. The maximum absolute atomic E-state index is 14.4. The molecule has 1 atom stereocenters. The second kappa shape index (κ2) is 8.28. The van der Waals surface area contributed by atoms with E-state index in [1.807, 2.05) is 0 Å². The molecule has 0 saturated heterocycles. The van der Waals surface area contributed by atoms with Gasteiger partial charge < -0.3 is 5.11 Å². The molecule has 154 valence electrons. The van der Waals surface area contributed by atoms with Gasteiger partial charge in [-0.2, -0.15) is 5.10 Å². The van der Waals surface area contributed by atoms with Crippen LogP contribution < -0.4 is 0 Å². The number of aliphatic hydroxyl groups is 1. The number of thioether (sulfide) groups is 1. The van der Waals surface area contributed by atoms with Crippen molar-refractivity contribution >= 4 is 11.8 Å². The van der Waals surface area contributed by atoms with Crippen molar-refractivity contribution in [3.63, 3.8) is 0 Å². The van der Waals surface area contributed by atoms with Crippen molar-refractivity contribution in [3.05, 3.63) is 78.1 Å².